The number of hydrogen-bond acceptors (Lipinski definition) is 0. The van der Waals surface area contributed by atoms with Crippen LogP contribution in [0.5, 0.6) is 0 Å². The zero-order valence-electron chi connectivity index (χ0n) is 5.45. The van der Waals surface area contributed by atoms with Crippen molar-refractivity contribution in [3.8, 4) is 0 Å². The van der Waals surface area contributed by atoms with Crippen LogP contribution in [-0.2, 0) is 0 Å². The van der Waals surface area contributed by atoms with Gasteiger partial charge in [-0.3, -0.25) is 0 Å². The summed E-state index contributed by atoms with van der Waals surface area (Å²) in [4.78, 5) is 0. The third-order valence-electron chi connectivity index (χ3n) is 2.01. The Kier molecular flexibility index (Phi) is 3.62. The minimum atomic E-state index is 0.482. The van der Waals surface area contributed by atoms with E-state index in [-0.39, 0.29) is 0 Å². The Bertz CT molecular complexity index is 85.0. The standard InChI is InChI=1S/C7H12ClI/c8-7-4-2-1-3-6(7)5-9/h6-7H,1-5H2. The van der Waals surface area contributed by atoms with Gasteiger partial charge in [-0.15, -0.1) is 11.6 Å². The largest absolute Gasteiger partial charge is 0.123 e. The topological polar surface area (TPSA) is 0 Å². The fourth-order valence-corrected chi connectivity index (χ4v) is 3.06. The molecule has 0 aromatic rings. The van der Waals surface area contributed by atoms with Crippen LogP contribution in [0.2, 0.25) is 0 Å². The molecule has 1 saturated carbocycles. The molecule has 0 nitrogen and oxygen atoms in total. The Morgan fingerprint density at radius 3 is 2.44 bits per heavy atom. The predicted octanol–water partition coefficient (Wildman–Crippen LogP) is 3.22. The van der Waals surface area contributed by atoms with E-state index in [4.69, 9.17) is 11.6 Å². The minimum Gasteiger partial charge on any atom is -0.123 e. The molecule has 0 radical (unpaired) electrons. The number of rotatable bonds is 1. The van der Waals surface area contributed by atoms with Gasteiger partial charge in [-0.05, 0) is 18.8 Å². The van der Waals surface area contributed by atoms with Crippen LogP contribution in [0, 0.1) is 5.92 Å². The Hall–Kier alpha value is 1.02. The molecule has 0 bridgehead atoms. The van der Waals surface area contributed by atoms with Crippen LogP contribution < -0.4 is 0 Å². The van der Waals surface area contributed by atoms with Gasteiger partial charge in [0.05, 0.1) is 0 Å². The second-order valence-corrected chi connectivity index (χ2v) is 4.16. The van der Waals surface area contributed by atoms with E-state index < -0.39 is 0 Å². The van der Waals surface area contributed by atoms with Crippen molar-refractivity contribution in [3.63, 3.8) is 0 Å². The highest BCUT2D eigenvalue weighted by Crippen LogP contribution is 2.29. The van der Waals surface area contributed by atoms with Gasteiger partial charge in [-0.2, -0.15) is 0 Å². The highest BCUT2D eigenvalue weighted by Gasteiger charge is 2.21. The van der Waals surface area contributed by atoms with Crippen LogP contribution in [0.15, 0.2) is 0 Å². The summed E-state index contributed by atoms with van der Waals surface area (Å²) >= 11 is 8.52. The van der Waals surface area contributed by atoms with Crippen LogP contribution in [0.4, 0.5) is 0 Å². The maximum absolute atomic E-state index is 6.08. The molecule has 1 aliphatic carbocycles. The monoisotopic (exact) mass is 258 g/mol. The predicted molar refractivity (Wildman–Crippen MR) is 50.5 cm³/mol. The molecule has 1 rings (SSSR count). The van der Waals surface area contributed by atoms with E-state index in [1.165, 1.54) is 30.1 Å². The summed E-state index contributed by atoms with van der Waals surface area (Å²) in [5, 5.41) is 0.482. The molecule has 1 fully saturated rings. The Morgan fingerprint density at radius 2 is 2.00 bits per heavy atom. The molecule has 2 unspecified atom stereocenters. The summed E-state index contributed by atoms with van der Waals surface area (Å²) in [6.07, 6.45) is 5.35. The van der Waals surface area contributed by atoms with Gasteiger partial charge in [0.2, 0.25) is 0 Å². The summed E-state index contributed by atoms with van der Waals surface area (Å²) in [5.41, 5.74) is 0. The Morgan fingerprint density at radius 1 is 1.33 bits per heavy atom. The second-order valence-electron chi connectivity index (χ2n) is 2.71. The van der Waals surface area contributed by atoms with E-state index in [1.807, 2.05) is 0 Å². The van der Waals surface area contributed by atoms with Gasteiger partial charge >= 0.3 is 0 Å². The van der Waals surface area contributed by atoms with Gasteiger partial charge in [0.1, 0.15) is 0 Å². The molecule has 1 aliphatic rings. The Labute approximate surface area is 75.5 Å². The molecular weight excluding hydrogens is 246 g/mol. The quantitative estimate of drug-likeness (QED) is 0.500. The zero-order valence-corrected chi connectivity index (χ0v) is 8.36. The van der Waals surface area contributed by atoms with Crippen LogP contribution in [0.25, 0.3) is 0 Å². The van der Waals surface area contributed by atoms with Crippen LogP contribution in [0.1, 0.15) is 25.7 Å². The maximum atomic E-state index is 6.08. The van der Waals surface area contributed by atoms with Crippen molar-refractivity contribution < 1.29 is 0 Å². The molecule has 0 spiro atoms. The van der Waals surface area contributed by atoms with Crippen molar-refractivity contribution in [3.05, 3.63) is 0 Å². The highest BCUT2D eigenvalue weighted by atomic mass is 127. The molecule has 54 valence electrons. The first-order valence-corrected chi connectivity index (χ1v) is 5.51. The van der Waals surface area contributed by atoms with E-state index in [1.54, 1.807) is 0 Å². The normalized spacial score (nSPS) is 36.7. The number of halogens is 2. The maximum Gasteiger partial charge on any atom is 0.0371 e. The summed E-state index contributed by atoms with van der Waals surface area (Å²) in [7, 11) is 0. The molecule has 0 aliphatic heterocycles. The van der Waals surface area contributed by atoms with Gasteiger partial charge < -0.3 is 0 Å². The van der Waals surface area contributed by atoms with E-state index in [0.29, 0.717) is 5.38 Å². The average Bonchev–Trinajstić information content (AvgIpc) is 1.89. The van der Waals surface area contributed by atoms with Gasteiger partial charge in [0, 0.05) is 9.80 Å². The van der Waals surface area contributed by atoms with Gasteiger partial charge in [0.15, 0.2) is 0 Å². The first-order valence-electron chi connectivity index (χ1n) is 3.54. The third kappa shape index (κ3) is 2.26. The summed E-state index contributed by atoms with van der Waals surface area (Å²) in [5.74, 6) is 0.806. The van der Waals surface area contributed by atoms with Crippen molar-refractivity contribution in [2.24, 2.45) is 5.92 Å². The van der Waals surface area contributed by atoms with Gasteiger partial charge in [-0.1, -0.05) is 35.4 Å². The molecule has 0 N–H and O–H groups in total. The van der Waals surface area contributed by atoms with Gasteiger partial charge in [0.25, 0.3) is 0 Å². The summed E-state index contributed by atoms with van der Waals surface area (Å²) < 4.78 is 1.24. The Balaban J connectivity index is 2.30. The molecule has 0 saturated heterocycles. The average molecular weight is 259 g/mol. The highest BCUT2D eigenvalue weighted by molar-refractivity contribution is 14.1. The zero-order chi connectivity index (χ0) is 6.69. The smallest absolute Gasteiger partial charge is 0.0371 e. The second kappa shape index (κ2) is 4.02. The lowest BCUT2D eigenvalue weighted by Gasteiger charge is -2.24. The fourth-order valence-electron chi connectivity index (χ4n) is 1.34. The van der Waals surface area contributed by atoms with Crippen LogP contribution in [-0.4, -0.2) is 9.80 Å². The van der Waals surface area contributed by atoms with Crippen molar-refractivity contribution in [1.82, 2.24) is 0 Å². The van der Waals surface area contributed by atoms with E-state index in [9.17, 15) is 0 Å². The molecule has 0 aromatic carbocycles. The van der Waals surface area contributed by atoms with E-state index in [2.05, 4.69) is 22.6 Å². The number of alkyl halides is 2. The lowest BCUT2D eigenvalue weighted by Crippen LogP contribution is -2.20. The molecule has 2 atom stereocenters. The van der Waals surface area contributed by atoms with Crippen LogP contribution in [0.3, 0.4) is 0 Å². The molecular formula is C7H12ClI. The third-order valence-corrected chi connectivity index (χ3v) is 3.72. The van der Waals surface area contributed by atoms with Gasteiger partial charge in [-0.25, -0.2) is 0 Å². The number of hydrogen-bond donors (Lipinski definition) is 0. The summed E-state index contributed by atoms with van der Waals surface area (Å²) in [6, 6.07) is 0. The first kappa shape index (κ1) is 8.12. The minimum absolute atomic E-state index is 0.482. The molecule has 9 heavy (non-hydrogen) atoms. The van der Waals surface area contributed by atoms with Crippen molar-refractivity contribution >= 4 is 34.2 Å². The van der Waals surface area contributed by atoms with Crippen molar-refractivity contribution in [2.45, 2.75) is 31.1 Å². The molecule has 0 aromatic heterocycles. The molecule has 0 amide bonds. The van der Waals surface area contributed by atoms with Crippen LogP contribution >= 0.6 is 34.2 Å². The van der Waals surface area contributed by atoms with E-state index in [0.717, 1.165) is 5.92 Å². The fraction of sp³-hybridized carbons (Fsp3) is 1.00. The molecule has 0 heterocycles. The molecule has 2 heteroatoms. The lowest BCUT2D eigenvalue weighted by atomic mass is 9.90. The SMILES string of the molecule is ClC1CCCCC1CI. The first-order chi connectivity index (χ1) is 4.34. The van der Waals surface area contributed by atoms with Crippen molar-refractivity contribution in [1.29, 1.82) is 0 Å². The van der Waals surface area contributed by atoms with Crippen molar-refractivity contribution in [2.75, 3.05) is 4.43 Å². The summed E-state index contributed by atoms with van der Waals surface area (Å²) in [6.45, 7) is 0. The van der Waals surface area contributed by atoms with E-state index >= 15 is 0 Å². The lowest BCUT2D eigenvalue weighted by molar-refractivity contribution is 0.402.